The molecule has 0 atom stereocenters. The van der Waals surface area contributed by atoms with Gasteiger partial charge in [-0.2, -0.15) is 0 Å². The summed E-state index contributed by atoms with van der Waals surface area (Å²) in [6.07, 6.45) is 2.00. The number of halogens is 1. The van der Waals surface area contributed by atoms with E-state index in [9.17, 15) is 9.59 Å². The molecule has 18 heavy (non-hydrogen) atoms. The summed E-state index contributed by atoms with van der Waals surface area (Å²) in [6, 6.07) is 5.28. The lowest BCUT2D eigenvalue weighted by molar-refractivity contribution is -0.116. The second-order valence-corrected chi connectivity index (χ2v) is 5.21. The highest BCUT2D eigenvalue weighted by Gasteiger charge is 2.44. The van der Waals surface area contributed by atoms with Crippen LogP contribution in [0.3, 0.4) is 0 Å². The van der Waals surface area contributed by atoms with Crippen molar-refractivity contribution in [2.45, 2.75) is 25.8 Å². The van der Waals surface area contributed by atoms with Crippen LogP contribution in [-0.2, 0) is 4.79 Å². The van der Waals surface area contributed by atoms with Gasteiger partial charge in [0, 0.05) is 11.1 Å². The van der Waals surface area contributed by atoms with Crippen molar-refractivity contribution in [1.29, 1.82) is 0 Å². The second-order valence-electron chi connectivity index (χ2n) is 4.80. The maximum atomic E-state index is 12.2. The minimum absolute atomic E-state index is 0.174. The minimum Gasteiger partial charge on any atom is -0.312 e. The summed E-state index contributed by atoms with van der Waals surface area (Å²) in [4.78, 5) is 27.0. The highest BCUT2D eigenvalue weighted by atomic mass is 35.5. The van der Waals surface area contributed by atoms with Gasteiger partial charge in [-0.05, 0) is 37.5 Å². The molecule has 1 aromatic carbocycles. The molecule has 1 aliphatic heterocycles. The monoisotopic (exact) mass is 264 g/mol. The Morgan fingerprint density at radius 1 is 1.28 bits per heavy atom. The Labute approximate surface area is 110 Å². The molecule has 0 unspecified atom stereocenters. The van der Waals surface area contributed by atoms with Crippen molar-refractivity contribution in [3.63, 3.8) is 0 Å². The number of imide groups is 1. The first-order valence-corrected chi connectivity index (χ1v) is 6.35. The number of rotatable bonds is 2. The third kappa shape index (κ3) is 1.77. The van der Waals surface area contributed by atoms with Gasteiger partial charge in [-0.25, -0.2) is 9.69 Å². The Hall–Kier alpha value is -1.55. The van der Waals surface area contributed by atoms with Crippen molar-refractivity contribution in [1.82, 2.24) is 4.90 Å². The Morgan fingerprint density at radius 3 is 2.61 bits per heavy atom. The number of benzene rings is 1. The van der Waals surface area contributed by atoms with Gasteiger partial charge in [0.25, 0.3) is 5.91 Å². The van der Waals surface area contributed by atoms with Crippen LogP contribution < -0.4 is 4.90 Å². The summed E-state index contributed by atoms with van der Waals surface area (Å²) >= 11 is 6.04. The predicted octanol–water partition coefficient (Wildman–Crippen LogP) is 2.58. The first-order valence-electron chi connectivity index (χ1n) is 5.97. The minimum atomic E-state index is -0.220. The average Bonchev–Trinajstić information content (AvgIpc) is 3.11. The maximum absolute atomic E-state index is 12.2. The van der Waals surface area contributed by atoms with Gasteiger partial charge in [0.15, 0.2) is 0 Å². The van der Waals surface area contributed by atoms with Crippen LogP contribution in [0.2, 0.25) is 5.02 Å². The molecule has 0 aromatic heterocycles. The molecule has 1 heterocycles. The van der Waals surface area contributed by atoms with Crippen LogP contribution in [0.25, 0.3) is 0 Å². The maximum Gasteiger partial charge on any atom is 0.332 e. The standard InChI is InChI=1S/C13H13ClN2O2/c1-8-2-3-10(6-11(8)14)16-12(17)7-15(13(16)18)9-4-5-9/h2-3,6,9H,4-5,7H2,1H3. The number of urea groups is 1. The molecular formula is C13H13ClN2O2. The lowest BCUT2D eigenvalue weighted by atomic mass is 10.2. The lowest BCUT2D eigenvalue weighted by Crippen LogP contribution is -2.34. The van der Waals surface area contributed by atoms with Gasteiger partial charge in [-0.15, -0.1) is 0 Å². The largest absolute Gasteiger partial charge is 0.332 e. The third-order valence-electron chi connectivity index (χ3n) is 3.39. The molecule has 1 aromatic rings. The van der Waals surface area contributed by atoms with E-state index in [4.69, 9.17) is 11.6 Å². The highest BCUT2D eigenvalue weighted by molar-refractivity contribution is 6.32. The Morgan fingerprint density at radius 2 is 2.00 bits per heavy atom. The summed E-state index contributed by atoms with van der Waals surface area (Å²) in [6.45, 7) is 2.07. The summed E-state index contributed by atoms with van der Waals surface area (Å²) in [5, 5.41) is 0.568. The van der Waals surface area contributed by atoms with Crippen LogP contribution in [0.15, 0.2) is 18.2 Å². The average molecular weight is 265 g/mol. The molecule has 3 amide bonds. The molecule has 0 radical (unpaired) electrons. The predicted molar refractivity (Wildman–Crippen MR) is 68.8 cm³/mol. The molecule has 2 fully saturated rings. The zero-order valence-electron chi connectivity index (χ0n) is 10.0. The molecule has 1 saturated carbocycles. The normalized spacial score (nSPS) is 19.9. The van der Waals surface area contributed by atoms with Gasteiger partial charge >= 0.3 is 6.03 Å². The van der Waals surface area contributed by atoms with Gasteiger partial charge < -0.3 is 4.90 Å². The molecule has 94 valence electrons. The number of hydrogen-bond donors (Lipinski definition) is 0. The first-order chi connectivity index (χ1) is 8.58. The van der Waals surface area contributed by atoms with Crippen molar-refractivity contribution < 1.29 is 9.59 Å². The van der Waals surface area contributed by atoms with E-state index < -0.39 is 0 Å². The van der Waals surface area contributed by atoms with Crippen LogP contribution >= 0.6 is 11.6 Å². The fraction of sp³-hybridized carbons (Fsp3) is 0.385. The van der Waals surface area contributed by atoms with Crippen molar-refractivity contribution in [2.75, 3.05) is 11.4 Å². The fourth-order valence-electron chi connectivity index (χ4n) is 2.17. The molecular weight excluding hydrogens is 252 g/mol. The van der Waals surface area contributed by atoms with Gasteiger partial charge in [0.2, 0.25) is 0 Å². The Bertz CT molecular complexity index is 540. The smallest absolute Gasteiger partial charge is 0.312 e. The molecule has 0 spiro atoms. The number of amides is 3. The van der Waals surface area contributed by atoms with Crippen LogP contribution in [0.5, 0.6) is 0 Å². The number of carbonyl (C=O) groups excluding carboxylic acids is 2. The van der Waals surface area contributed by atoms with Gasteiger partial charge in [0.1, 0.15) is 6.54 Å². The van der Waals surface area contributed by atoms with E-state index in [0.29, 0.717) is 10.7 Å². The number of aryl methyl sites for hydroxylation is 1. The van der Waals surface area contributed by atoms with E-state index in [1.807, 2.05) is 13.0 Å². The molecule has 1 saturated heterocycles. The summed E-state index contributed by atoms with van der Waals surface area (Å²) in [5.74, 6) is -0.174. The zero-order valence-corrected chi connectivity index (χ0v) is 10.8. The van der Waals surface area contributed by atoms with Crippen LogP contribution in [0.1, 0.15) is 18.4 Å². The van der Waals surface area contributed by atoms with Gasteiger partial charge in [-0.3, -0.25) is 4.79 Å². The Kier molecular flexibility index (Phi) is 2.55. The van der Waals surface area contributed by atoms with Crippen LogP contribution in [0.4, 0.5) is 10.5 Å². The fourth-order valence-corrected chi connectivity index (χ4v) is 2.34. The molecule has 2 aliphatic rings. The number of nitrogens with zero attached hydrogens (tertiary/aromatic N) is 2. The summed E-state index contributed by atoms with van der Waals surface area (Å²) in [5.41, 5.74) is 1.49. The zero-order chi connectivity index (χ0) is 12.9. The molecule has 5 heteroatoms. The molecule has 3 rings (SSSR count). The topological polar surface area (TPSA) is 40.6 Å². The first kappa shape index (κ1) is 11.5. The summed E-state index contributed by atoms with van der Waals surface area (Å²) in [7, 11) is 0. The number of carbonyl (C=O) groups is 2. The van der Waals surface area contributed by atoms with E-state index in [1.165, 1.54) is 4.90 Å². The van der Waals surface area contributed by atoms with E-state index in [1.54, 1.807) is 17.0 Å². The van der Waals surface area contributed by atoms with E-state index in [2.05, 4.69) is 0 Å². The number of hydrogen-bond acceptors (Lipinski definition) is 2. The molecule has 1 aliphatic carbocycles. The SMILES string of the molecule is Cc1ccc(N2C(=O)CN(C3CC3)C2=O)cc1Cl. The van der Waals surface area contributed by atoms with Crippen LogP contribution in [0, 0.1) is 6.92 Å². The highest BCUT2D eigenvalue weighted by Crippen LogP contribution is 2.33. The van der Waals surface area contributed by atoms with Crippen molar-refractivity contribution in [3.8, 4) is 0 Å². The molecule has 4 nitrogen and oxygen atoms in total. The van der Waals surface area contributed by atoms with Gasteiger partial charge in [-0.1, -0.05) is 17.7 Å². The van der Waals surface area contributed by atoms with Crippen molar-refractivity contribution in [3.05, 3.63) is 28.8 Å². The van der Waals surface area contributed by atoms with E-state index >= 15 is 0 Å². The Balaban J connectivity index is 1.93. The molecule has 0 N–H and O–H groups in total. The van der Waals surface area contributed by atoms with E-state index in [-0.39, 0.29) is 24.5 Å². The lowest BCUT2D eigenvalue weighted by Gasteiger charge is -2.17. The van der Waals surface area contributed by atoms with Crippen LogP contribution in [-0.4, -0.2) is 29.4 Å². The quantitative estimate of drug-likeness (QED) is 0.771. The van der Waals surface area contributed by atoms with E-state index in [0.717, 1.165) is 18.4 Å². The third-order valence-corrected chi connectivity index (χ3v) is 3.80. The summed E-state index contributed by atoms with van der Waals surface area (Å²) < 4.78 is 0. The molecule has 0 bridgehead atoms. The second kappa shape index (κ2) is 3.99. The number of anilines is 1. The van der Waals surface area contributed by atoms with Gasteiger partial charge in [0.05, 0.1) is 5.69 Å². The van der Waals surface area contributed by atoms with Crippen molar-refractivity contribution in [2.24, 2.45) is 0 Å². The van der Waals surface area contributed by atoms with Crippen molar-refractivity contribution >= 4 is 29.2 Å².